The van der Waals surface area contributed by atoms with Crippen LogP contribution in [0.2, 0.25) is 0 Å². The smallest absolute Gasteiger partial charge is 0.337 e. The zero-order valence-corrected chi connectivity index (χ0v) is 24.6. The van der Waals surface area contributed by atoms with Crippen LogP contribution >= 0.6 is 0 Å². The van der Waals surface area contributed by atoms with E-state index in [4.69, 9.17) is 4.74 Å². The Morgan fingerprint density at radius 2 is 1.53 bits per heavy atom. The number of urea groups is 1. The average Bonchev–Trinajstić information content (AvgIpc) is 3.72. The van der Waals surface area contributed by atoms with Gasteiger partial charge in [-0.3, -0.25) is 9.59 Å². The molecule has 2 saturated heterocycles. The summed E-state index contributed by atoms with van der Waals surface area (Å²) in [5.41, 5.74) is 1.72. The fourth-order valence-electron chi connectivity index (χ4n) is 6.12. The molecule has 4 amide bonds. The van der Waals surface area contributed by atoms with Crippen LogP contribution in [0, 0.1) is 0 Å². The van der Waals surface area contributed by atoms with Gasteiger partial charge in [0.05, 0.1) is 24.0 Å². The van der Waals surface area contributed by atoms with Gasteiger partial charge in [-0.2, -0.15) is 0 Å². The second-order valence-electron chi connectivity index (χ2n) is 11.3. The number of carboxylic acid groups (broad SMARTS) is 1. The molecule has 10 nitrogen and oxygen atoms in total. The summed E-state index contributed by atoms with van der Waals surface area (Å²) in [5.74, 6) is -1.96. The number of likely N-dealkylation sites (tertiary alicyclic amines) is 2. The van der Waals surface area contributed by atoms with Gasteiger partial charge in [0, 0.05) is 25.2 Å². The summed E-state index contributed by atoms with van der Waals surface area (Å²) in [4.78, 5) is 55.9. The molecule has 0 aromatic heterocycles. The van der Waals surface area contributed by atoms with E-state index in [9.17, 15) is 24.3 Å². The molecule has 0 bridgehead atoms. The standard InChI is InChI=1S/C35H34N4O6/c40-32(37-29-14-7-6-13-28(29)34(42)43)30-15-8-18-38(30)33(41)31-20-27(45-22-23-9-2-1-3-10-23)21-39(31)35(44)36-26-17-16-24-11-4-5-12-25(24)19-26/h1-7,9-14,16-17,19,27,30-31H,8,15,18,20-22H2,(H,36,44)(H,37,40)(H,42,43)/t27?,30-,31-/m0/s1. The number of aromatic carboxylic acids is 1. The van der Waals surface area contributed by atoms with Crippen LogP contribution in [0.4, 0.5) is 16.2 Å². The lowest BCUT2D eigenvalue weighted by molar-refractivity contribution is -0.139. The number of amides is 4. The van der Waals surface area contributed by atoms with Crippen molar-refractivity contribution in [2.24, 2.45) is 0 Å². The van der Waals surface area contributed by atoms with Crippen molar-refractivity contribution in [3.05, 3.63) is 108 Å². The van der Waals surface area contributed by atoms with Crippen LogP contribution in [-0.2, 0) is 20.9 Å². The Hall–Kier alpha value is -5.22. The largest absolute Gasteiger partial charge is 0.478 e. The molecule has 2 aliphatic rings. The maximum Gasteiger partial charge on any atom is 0.337 e. The van der Waals surface area contributed by atoms with Crippen molar-refractivity contribution in [2.45, 2.75) is 44.1 Å². The molecule has 6 rings (SSSR count). The average molecular weight is 607 g/mol. The van der Waals surface area contributed by atoms with Crippen molar-refractivity contribution < 1.29 is 29.0 Å². The maximum atomic E-state index is 14.1. The van der Waals surface area contributed by atoms with Gasteiger partial charge in [0.15, 0.2) is 0 Å². The van der Waals surface area contributed by atoms with Gasteiger partial charge in [0.2, 0.25) is 11.8 Å². The van der Waals surface area contributed by atoms with Gasteiger partial charge >= 0.3 is 12.0 Å². The van der Waals surface area contributed by atoms with Gasteiger partial charge in [0.1, 0.15) is 12.1 Å². The molecule has 4 aromatic carbocycles. The molecule has 0 aliphatic carbocycles. The predicted molar refractivity (Wildman–Crippen MR) is 170 cm³/mol. The normalized spacial score (nSPS) is 19.4. The summed E-state index contributed by atoms with van der Waals surface area (Å²) in [6, 6.07) is 27.3. The van der Waals surface area contributed by atoms with E-state index >= 15 is 0 Å². The van der Waals surface area contributed by atoms with Crippen LogP contribution in [0.5, 0.6) is 0 Å². The first-order valence-corrected chi connectivity index (χ1v) is 15.0. The second kappa shape index (κ2) is 13.2. The summed E-state index contributed by atoms with van der Waals surface area (Å²) < 4.78 is 6.18. The lowest BCUT2D eigenvalue weighted by atomic mass is 10.1. The molecule has 0 radical (unpaired) electrons. The Balaban J connectivity index is 1.20. The first-order valence-electron chi connectivity index (χ1n) is 15.0. The number of anilines is 2. The molecular formula is C35H34N4O6. The highest BCUT2D eigenvalue weighted by Gasteiger charge is 2.45. The number of hydrogen-bond acceptors (Lipinski definition) is 5. The second-order valence-corrected chi connectivity index (χ2v) is 11.3. The molecule has 4 aromatic rings. The van der Waals surface area contributed by atoms with Crippen LogP contribution in [0.1, 0.15) is 35.2 Å². The van der Waals surface area contributed by atoms with Crippen molar-refractivity contribution >= 4 is 46.0 Å². The number of ether oxygens (including phenoxy) is 1. The van der Waals surface area contributed by atoms with Crippen LogP contribution in [0.3, 0.4) is 0 Å². The molecule has 2 fully saturated rings. The quantitative estimate of drug-likeness (QED) is 0.248. The minimum Gasteiger partial charge on any atom is -0.478 e. The van der Waals surface area contributed by atoms with Gasteiger partial charge in [-0.25, -0.2) is 9.59 Å². The Morgan fingerprint density at radius 1 is 0.800 bits per heavy atom. The SMILES string of the molecule is O=C(O)c1ccccc1NC(=O)[C@@H]1CCCN1C(=O)[C@@H]1CC(OCc2ccccc2)CN1C(=O)Nc1ccc2ccccc2c1. The van der Waals surface area contributed by atoms with Crippen molar-refractivity contribution in [3.8, 4) is 0 Å². The number of fused-ring (bicyclic) bond motifs is 1. The topological polar surface area (TPSA) is 128 Å². The van der Waals surface area contributed by atoms with Gasteiger partial charge in [-0.15, -0.1) is 0 Å². The summed E-state index contributed by atoms with van der Waals surface area (Å²) in [7, 11) is 0. The third-order valence-electron chi connectivity index (χ3n) is 8.39. The van der Waals surface area contributed by atoms with E-state index in [1.54, 1.807) is 12.1 Å². The lowest BCUT2D eigenvalue weighted by Crippen LogP contribution is -2.52. The zero-order valence-electron chi connectivity index (χ0n) is 24.6. The number of para-hydroxylation sites is 1. The Bertz CT molecular complexity index is 1730. The first kappa shape index (κ1) is 29.8. The summed E-state index contributed by atoms with van der Waals surface area (Å²) in [6.45, 7) is 0.896. The third kappa shape index (κ3) is 6.66. The monoisotopic (exact) mass is 606 g/mol. The van der Waals surface area contributed by atoms with Crippen LogP contribution in [0.15, 0.2) is 97.1 Å². The highest BCUT2D eigenvalue weighted by molar-refractivity contribution is 6.04. The molecule has 2 aliphatic heterocycles. The van der Waals surface area contributed by atoms with E-state index in [0.29, 0.717) is 31.7 Å². The number of carboxylic acids is 1. The number of nitrogens with zero attached hydrogens (tertiary/aromatic N) is 2. The zero-order chi connectivity index (χ0) is 31.3. The Morgan fingerprint density at radius 3 is 2.33 bits per heavy atom. The minimum atomic E-state index is -1.16. The molecule has 3 N–H and O–H groups in total. The molecule has 45 heavy (non-hydrogen) atoms. The Labute approximate surface area is 260 Å². The maximum absolute atomic E-state index is 14.1. The number of carbonyl (C=O) groups excluding carboxylic acids is 3. The summed E-state index contributed by atoms with van der Waals surface area (Å²) in [6.07, 6.45) is 0.924. The van der Waals surface area contributed by atoms with Gasteiger partial charge in [0.25, 0.3) is 0 Å². The van der Waals surface area contributed by atoms with Crippen LogP contribution in [0.25, 0.3) is 10.8 Å². The Kier molecular flexibility index (Phi) is 8.74. The number of benzene rings is 4. The van der Waals surface area contributed by atoms with E-state index < -0.39 is 30.0 Å². The fourth-order valence-corrected chi connectivity index (χ4v) is 6.12. The molecule has 1 unspecified atom stereocenters. The van der Waals surface area contributed by atoms with Crippen molar-refractivity contribution in [2.75, 3.05) is 23.7 Å². The van der Waals surface area contributed by atoms with E-state index in [-0.39, 0.29) is 36.2 Å². The van der Waals surface area contributed by atoms with E-state index in [2.05, 4.69) is 10.6 Å². The molecule has 0 saturated carbocycles. The molecule has 0 spiro atoms. The number of nitrogens with one attached hydrogen (secondary N) is 2. The van der Waals surface area contributed by atoms with Crippen molar-refractivity contribution in [1.82, 2.24) is 9.80 Å². The molecule has 230 valence electrons. The van der Waals surface area contributed by atoms with Crippen LogP contribution in [-0.4, -0.2) is 70.0 Å². The number of hydrogen-bond donors (Lipinski definition) is 3. The predicted octanol–water partition coefficient (Wildman–Crippen LogP) is 5.36. The molecule has 2 heterocycles. The number of rotatable bonds is 8. The third-order valence-corrected chi connectivity index (χ3v) is 8.39. The summed E-state index contributed by atoms with van der Waals surface area (Å²) >= 11 is 0. The van der Waals surface area contributed by atoms with Gasteiger partial charge in [-0.1, -0.05) is 72.8 Å². The van der Waals surface area contributed by atoms with E-state index in [0.717, 1.165) is 16.3 Å². The molecule has 3 atom stereocenters. The fraction of sp³-hybridized carbons (Fsp3) is 0.257. The minimum absolute atomic E-state index is 0.0348. The van der Waals surface area contributed by atoms with Crippen LogP contribution < -0.4 is 10.6 Å². The van der Waals surface area contributed by atoms with E-state index in [1.165, 1.54) is 21.9 Å². The first-order chi connectivity index (χ1) is 21.9. The number of carbonyl (C=O) groups is 4. The van der Waals surface area contributed by atoms with Crippen molar-refractivity contribution in [3.63, 3.8) is 0 Å². The highest BCUT2D eigenvalue weighted by Crippen LogP contribution is 2.29. The summed E-state index contributed by atoms with van der Waals surface area (Å²) in [5, 5.41) is 17.2. The van der Waals surface area contributed by atoms with Gasteiger partial charge in [-0.05, 0) is 53.4 Å². The van der Waals surface area contributed by atoms with Gasteiger partial charge < -0.3 is 30.3 Å². The highest BCUT2D eigenvalue weighted by atomic mass is 16.5. The molecular weight excluding hydrogens is 572 g/mol. The van der Waals surface area contributed by atoms with E-state index in [1.807, 2.05) is 72.8 Å². The van der Waals surface area contributed by atoms with Crippen molar-refractivity contribution in [1.29, 1.82) is 0 Å². The molecule has 10 heteroatoms. The lowest BCUT2D eigenvalue weighted by Gasteiger charge is -2.31.